The molecule has 0 saturated carbocycles. The molecule has 0 radical (unpaired) electrons. The van der Waals surface area contributed by atoms with Crippen molar-refractivity contribution in [2.75, 3.05) is 33.7 Å². The number of anilines is 10. The van der Waals surface area contributed by atoms with E-state index in [9.17, 15) is 0 Å². The number of fused-ring (bicyclic) bond motifs is 6. The van der Waals surface area contributed by atoms with Crippen LogP contribution in [-0.4, -0.2) is 14.1 Å². The maximum Gasteiger partial charge on any atom is 0.0699 e. The zero-order chi connectivity index (χ0) is 40.8. The summed E-state index contributed by atoms with van der Waals surface area (Å²) in [6.07, 6.45) is 0. The Morgan fingerprint density at radius 3 is 0.933 bits per heavy atom. The molecule has 2 heterocycles. The fourth-order valence-electron chi connectivity index (χ4n) is 10.1. The van der Waals surface area contributed by atoms with Gasteiger partial charge in [0.05, 0.1) is 45.5 Å². The number of aryl methyl sites for hydroxylation is 4. The Labute approximate surface area is 352 Å². The highest BCUT2D eigenvalue weighted by Gasteiger charge is 2.30. The second kappa shape index (κ2) is 13.6. The van der Waals surface area contributed by atoms with Crippen molar-refractivity contribution in [1.82, 2.24) is 0 Å². The minimum atomic E-state index is 1.13. The largest absolute Gasteiger partial charge is 0.341 e. The maximum absolute atomic E-state index is 2.45. The highest BCUT2D eigenvalue weighted by atomic mass is 15.3. The SMILES string of the molecule is Cc1ccc(-c2c3ccc(N4c5ccccc5N(C)c5ccccc54)cc3c(-c3ccc(C)cc3C)c3ccc(N4c5ccccc5N(C)c5ccccc54)cc23)c(C)c1. The van der Waals surface area contributed by atoms with Crippen LogP contribution in [0.5, 0.6) is 0 Å². The molecule has 0 fully saturated rings. The molecule has 0 atom stereocenters. The quantitative estimate of drug-likeness (QED) is 0.165. The van der Waals surface area contributed by atoms with Crippen LogP contribution in [0, 0.1) is 27.7 Å². The number of para-hydroxylation sites is 8. The molecule has 0 aliphatic carbocycles. The molecule has 60 heavy (non-hydrogen) atoms. The highest BCUT2D eigenvalue weighted by Crippen LogP contribution is 2.55. The van der Waals surface area contributed by atoms with Crippen LogP contribution < -0.4 is 19.6 Å². The summed E-state index contributed by atoms with van der Waals surface area (Å²) in [5.74, 6) is 0. The lowest BCUT2D eigenvalue weighted by atomic mass is 9.83. The molecular formula is C56H46N4. The molecule has 0 saturated heterocycles. The Hall–Kier alpha value is -7.30. The standard InChI is InChI=1S/C56H46N4/c1-35-23-27-41(37(3)31-35)55-43-29-25-40(60-53-21-13-9-17-49(53)58(6)50-18-10-14-22-54(50)60)34-46(43)56(42-28-24-36(2)32-38(42)4)44-30-26-39(33-45(44)55)59-51-19-11-7-15-47(51)57(5)48-16-8-12-20-52(48)59/h7-34H,1-6H3. The minimum absolute atomic E-state index is 1.13. The molecule has 4 nitrogen and oxygen atoms in total. The van der Waals surface area contributed by atoms with Gasteiger partial charge in [-0.05, 0) is 155 Å². The molecule has 0 amide bonds. The fraction of sp³-hybridized carbons (Fsp3) is 0.107. The highest BCUT2D eigenvalue weighted by molar-refractivity contribution is 6.23. The van der Waals surface area contributed by atoms with Gasteiger partial charge in [-0.15, -0.1) is 0 Å². The third-order valence-corrected chi connectivity index (χ3v) is 12.8. The lowest BCUT2D eigenvalue weighted by Gasteiger charge is -2.39. The van der Waals surface area contributed by atoms with Crippen molar-refractivity contribution in [2.24, 2.45) is 0 Å². The summed E-state index contributed by atoms with van der Waals surface area (Å²) < 4.78 is 0. The van der Waals surface area contributed by atoms with Gasteiger partial charge in [0.2, 0.25) is 0 Å². The van der Waals surface area contributed by atoms with Gasteiger partial charge in [-0.2, -0.15) is 0 Å². The molecule has 2 aliphatic rings. The van der Waals surface area contributed by atoms with Crippen molar-refractivity contribution in [3.8, 4) is 22.3 Å². The maximum atomic E-state index is 2.45. The van der Waals surface area contributed by atoms with Gasteiger partial charge in [-0.1, -0.05) is 108 Å². The number of benzene rings is 9. The topological polar surface area (TPSA) is 13.0 Å². The van der Waals surface area contributed by atoms with Crippen molar-refractivity contribution in [1.29, 1.82) is 0 Å². The molecule has 0 bridgehead atoms. The average molecular weight is 775 g/mol. The molecule has 4 heteroatoms. The molecule has 0 N–H and O–H groups in total. The van der Waals surface area contributed by atoms with Crippen molar-refractivity contribution in [3.05, 3.63) is 192 Å². The van der Waals surface area contributed by atoms with E-state index >= 15 is 0 Å². The van der Waals surface area contributed by atoms with Crippen LogP contribution in [-0.2, 0) is 0 Å². The first-order valence-electron chi connectivity index (χ1n) is 20.9. The van der Waals surface area contributed by atoms with E-state index < -0.39 is 0 Å². The van der Waals surface area contributed by atoms with Crippen LogP contribution >= 0.6 is 0 Å². The van der Waals surface area contributed by atoms with Gasteiger partial charge in [-0.3, -0.25) is 0 Å². The summed E-state index contributed by atoms with van der Waals surface area (Å²) in [5, 5.41) is 4.94. The van der Waals surface area contributed by atoms with Crippen LogP contribution in [0.2, 0.25) is 0 Å². The molecule has 0 unspecified atom stereocenters. The summed E-state index contributed by atoms with van der Waals surface area (Å²) in [7, 11) is 4.34. The monoisotopic (exact) mass is 774 g/mol. The van der Waals surface area contributed by atoms with Gasteiger partial charge in [-0.25, -0.2) is 0 Å². The fourth-order valence-corrected chi connectivity index (χ4v) is 10.1. The molecule has 290 valence electrons. The second-order valence-corrected chi connectivity index (χ2v) is 16.6. The van der Waals surface area contributed by atoms with E-state index in [0.717, 1.165) is 11.4 Å². The number of hydrogen-bond donors (Lipinski definition) is 0. The van der Waals surface area contributed by atoms with Gasteiger partial charge in [0.1, 0.15) is 0 Å². The lowest BCUT2D eigenvalue weighted by Crippen LogP contribution is -2.24. The van der Waals surface area contributed by atoms with E-state index in [1.54, 1.807) is 0 Å². The van der Waals surface area contributed by atoms with E-state index in [4.69, 9.17) is 0 Å². The Morgan fingerprint density at radius 1 is 0.300 bits per heavy atom. The molecule has 2 aliphatic heterocycles. The summed E-state index contributed by atoms with van der Waals surface area (Å²) in [6.45, 7) is 8.91. The minimum Gasteiger partial charge on any atom is -0.341 e. The number of hydrogen-bond acceptors (Lipinski definition) is 4. The first-order chi connectivity index (χ1) is 29.3. The van der Waals surface area contributed by atoms with E-state index in [-0.39, 0.29) is 0 Å². The lowest BCUT2D eigenvalue weighted by molar-refractivity contribution is 1.13. The van der Waals surface area contributed by atoms with Crippen LogP contribution in [0.3, 0.4) is 0 Å². The van der Waals surface area contributed by atoms with Crippen LogP contribution in [0.1, 0.15) is 22.3 Å². The van der Waals surface area contributed by atoms with Crippen molar-refractivity contribution in [3.63, 3.8) is 0 Å². The zero-order valence-electron chi connectivity index (χ0n) is 35.0. The molecular weight excluding hydrogens is 729 g/mol. The Bertz CT molecular complexity index is 2900. The second-order valence-electron chi connectivity index (χ2n) is 16.6. The first kappa shape index (κ1) is 35.8. The summed E-state index contributed by atoms with van der Waals surface area (Å²) in [5.41, 5.74) is 21.7. The van der Waals surface area contributed by atoms with Crippen molar-refractivity contribution in [2.45, 2.75) is 27.7 Å². The predicted molar refractivity (Wildman–Crippen MR) is 257 cm³/mol. The summed E-state index contributed by atoms with van der Waals surface area (Å²) in [6, 6.07) is 63.2. The normalized spacial score (nSPS) is 13.0. The van der Waals surface area contributed by atoms with E-state index in [0.29, 0.717) is 0 Å². The molecule has 9 aromatic rings. The number of nitrogens with zero attached hydrogens (tertiary/aromatic N) is 4. The predicted octanol–water partition coefficient (Wildman–Crippen LogP) is 15.7. The van der Waals surface area contributed by atoms with Crippen molar-refractivity contribution >= 4 is 78.4 Å². The van der Waals surface area contributed by atoms with E-state index in [1.165, 1.54) is 112 Å². The van der Waals surface area contributed by atoms with Gasteiger partial charge in [0.15, 0.2) is 0 Å². The molecule has 0 aromatic heterocycles. The van der Waals surface area contributed by atoms with Crippen LogP contribution in [0.25, 0.3) is 43.8 Å². The van der Waals surface area contributed by atoms with Crippen LogP contribution in [0.15, 0.2) is 170 Å². The van der Waals surface area contributed by atoms with Gasteiger partial charge in [0, 0.05) is 25.5 Å². The zero-order valence-corrected chi connectivity index (χ0v) is 35.0. The molecule has 9 aromatic carbocycles. The van der Waals surface area contributed by atoms with Crippen LogP contribution in [0.4, 0.5) is 56.9 Å². The van der Waals surface area contributed by atoms with Gasteiger partial charge in [0.25, 0.3) is 0 Å². The third kappa shape index (κ3) is 5.37. The average Bonchev–Trinajstić information content (AvgIpc) is 3.26. The smallest absolute Gasteiger partial charge is 0.0699 e. The Kier molecular flexibility index (Phi) is 8.15. The van der Waals surface area contributed by atoms with E-state index in [2.05, 4.69) is 231 Å². The summed E-state index contributed by atoms with van der Waals surface area (Å²) in [4.78, 5) is 9.51. The Balaban J connectivity index is 1.26. The number of rotatable bonds is 4. The molecule has 11 rings (SSSR count). The molecule has 0 spiro atoms. The Morgan fingerprint density at radius 2 is 0.617 bits per heavy atom. The van der Waals surface area contributed by atoms with Gasteiger partial charge < -0.3 is 19.6 Å². The first-order valence-corrected chi connectivity index (χ1v) is 20.9. The van der Waals surface area contributed by atoms with E-state index in [1.807, 2.05) is 0 Å². The van der Waals surface area contributed by atoms with Gasteiger partial charge >= 0.3 is 0 Å². The summed E-state index contributed by atoms with van der Waals surface area (Å²) >= 11 is 0. The van der Waals surface area contributed by atoms with Crippen molar-refractivity contribution < 1.29 is 0 Å². The third-order valence-electron chi connectivity index (χ3n) is 12.8.